The van der Waals surface area contributed by atoms with Crippen molar-refractivity contribution in [3.05, 3.63) is 15.6 Å². The van der Waals surface area contributed by atoms with Crippen LogP contribution in [0, 0.1) is 6.92 Å². The Hall–Kier alpha value is -0.450. The maximum atomic E-state index is 4.75. The lowest BCUT2D eigenvalue weighted by molar-refractivity contribution is 0.317. The first-order chi connectivity index (χ1) is 9.29. The summed E-state index contributed by atoms with van der Waals surface area (Å²) >= 11 is 1.86. The minimum Gasteiger partial charge on any atom is -0.308 e. The van der Waals surface area contributed by atoms with E-state index in [4.69, 9.17) is 4.98 Å². The first-order valence-electron chi connectivity index (χ1n) is 7.70. The average Bonchev–Trinajstić information content (AvgIpc) is 3.10. The monoisotopic (exact) mass is 295 g/mol. The van der Waals surface area contributed by atoms with Gasteiger partial charge in [-0.1, -0.05) is 20.8 Å². The molecule has 1 fully saturated rings. The molecule has 1 atom stereocenters. The van der Waals surface area contributed by atoms with Crippen molar-refractivity contribution in [2.75, 3.05) is 20.1 Å². The Morgan fingerprint density at radius 1 is 1.40 bits per heavy atom. The van der Waals surface area contributed by atoms with Crippen molar-refractivity contribution in [1.29, 1.82) is 0 Å². The van der Waals surface area contributed by atoms with Gasteiger partial charge in [0.25, 0.3) is 0 Å². The van der Waals surface area contributed by atoms with Gasteiger partial charge in [0.1, 0.15) is 0 Å². The third kappa shape index (κ3) is 4.03. The molecule has 114 valence electrons. The molecule has 3 nitrogen and oxygen atoms in total. The number of aryl methyl sites for hydroxylation is 1. The van der Waals surface area contributed by atoms with Crippen molar-refractivity contribution in [2.24, 2.45) is 0 Å². The smallest absolute Gasteiger partial charge is 0.0985 e. The van der Waals surface area contributed by atoms with Crippen LogP contribution >= 0.6 is 11.3 Å². The highest BCUT2D eigenvalue weighted by Gasteiger charge is 2.26. The van der Waals surface area contributed by atoms with E-state index >= 15 is 0 Å². The van der Waals surface area contributed by atoms with Crippen molar-refractivity contribution in [2.45, 2.75) is 65.0 Å². The first-order valence-corrected chi connectivity index (χ1v) is 8.52. The van der Waals surface area contributed by atoms with Crippen LogP contribution in [0.3, 0.4) is 0 Å². The van der Waals surface area contributed by atoms with Crippen LogP contribution in [0.1, 0.15) is 62.2 Å². The molecule has 0 saturated heterocycles. The molecule has 1 unspecified atom stereocenters. The third-order valence-electron chi connectivity index (χ3n) is 3.95. The molecule has 1 saturated carbocycles. The zero-order valence-corrected chi connectivity index (χ0v) is 14.6. The molecule has 4 heteroatoms. The molecule has 0 amide bonds. The lowest BCUT2D eigenvalue weighted by atomic mass is 9.98. The second kappa shape index (κ2) is 6.12. The Labute approximate surface area is 127 Å². The molecule has 1 heterocycles. The molecule has 20 heavy (non-hydrogen) atoms. The van der Waals surface area contributed by atoms with Gasteiger partial charge in [-0.25, -0.2) is 4.98 Å². The fourth-order valence-electron chi connectivity index (χ4n) is 2.38. The Bertz CT molecular complexity index is 443. The number of likely N-dealkylation sites (N-methyl/N-ethyl adjacent to an activating group) is 1. The zero-order valence-electron chi connectivity index (χ0n) is 13.8. The molecule has 1 aromatic rings. The highest BCUT2D eigenvalue weighted by Crippen LogP contribution is 2.32. The summed E-state index contributed by atoms with van der Waals surface area (Å²) in [7, 11) is 2.24. The summed E-state index contributed by atoms with van der Waals surface area (Å²) in [6, 6.07) is 1.25. The van der Waals surface area contributed by atoms with Gasteiger partial charge in [0.05, 0.1) is 10.7 Å². The molecule has 1 N–H and O–H groups in total. The highest BCUT2D eigenvalue weighted by molar-refractivity contribution is 7.12. The zero-order chi connectivity index (χ0) is 14.9. The van der Waals surface area contributed by atoms with E-state index in [0.29, 0.717) is 6.04 Å². The average molecular weight is 295 g/mol. The van der Waals surface area contributed by atoms with Gasteiger partial charge >= 0.3 is 0 Å². The van der Waals surface area contributed by atoms with Crippen LogP contribution in [0.15, 0.2) is 0 Å². The molecule has 0 spiro atoms. The number of nitrogens with zero attached hydrogens (tertiary/aromatic N) is 2. The molecule has 0 bridgehead atoms. The van der Waals surface area contributed by atoms with Gasteiger partial charge in [0.15, 0.2) is 0 Å². The van der Waals surface area contributed by atoms with Gasteiger partial charge in [0.2, 0.25) is 0 Å². The summed E-state index contributed by atoms with van der Waals surface area (Å²) in [5.41, 5.74) is 1.34. The largest absolute Gasteiger partial charge is 0.308 e. The minimum atomic E-state index is 0.152. The van der Waals surface area contributed by atoms with Gasteiger partial charge < -0.3 is 10.2 Å². The van der Waals surface area contributed by atoms with Crippen LogP contribution in [-0.4, -0.2) is 36.1 Å². The molecule has 0 aromatic carbocycles. The van der Waals surface area contributed by atoms with Gasteiger partial charge in [0, 0.05) is 35.5 Å². The summed E-state index contributed by atoms with van der Waals surface area (Å²) in [5, 5.41) is 4.89. The second-order valence-electron chi connectivity index (χ2n) is 7.11. The minimum absolute atomic E-state index is 0.152. The number of hydrogen-bond acceptors (Lipinski definition) is 4. The van der Waals surface area contributed by atoms with Gasteiger partial charge in [-0.3, -0.25) is 0 Å². The van der Waals surface area contributed by atoms with Crippen molar-refractivity contribution in [3.8, 4) is 0 Å². The molecule has 1 aromatic heterocycles. The standard InChI is InChI=1S/C16H29N3S/c1-11(17-9-10-19(6)13-7-8-13)14-12(2)18-15(20-14)16(3,4)5/h11,13,17H,7-10H2,1-6H3. The fraction of sp³-hybridized carbons (Fsp3) is 0.812. The van der Waals surface area contributed by atoms with Crippen LogP contribution in [0.5, 0.6) is 0 Å². The number of hydrogen-bond donors (Lipinski definition) is 1. The molecule has 0 aliphatic heterocycles. The van der Waals surface area contributed by atoms with Crippen LogP contribution in [0.2, 0.25) is 0 Å². The molecule has 0 radical (unpaired) electrons. The van der Waals surface area contributed by atoms with Gasteiger partial charge in [-0.05, 0) is 33.7 Å². The van der Waals surface area contributed by atoms with E-state index in [1.807, 2.05) is 11.3 Å². The normalized spacial score (nSPS) is 17.8. The number of nitrogens with one attached hydrogen (secondary N) is 1. The summed E-state index contributed by atoms with van der Waals surface area (Å²) in [6.45, 7) is 13.3. The van der Waals surface area contributed by atoms with Crippen LogP contribution in [-0.2, 0) is 5.41 Å². The summed E-state index contributed by atoms with van der Waals surface area (Å²) < 4.78 is 0. The van der Waals surface area contributed by atoms with E-state index in [-0.39, 0.29) is 5.41 Å². The predicted molar refractivity (Wildman–Crippen MR) is 87.6 cm³/mol. The summed E-state index contributed by atoms with van der Waals surface area (Å²) in [4.78, 5) is 8.62. The second-order valence-corrected chi connectivity index (χ2v) is 8.14. The molecular formula is C16H29N3S. The Kier molecular flexibility index (Phi) is 4.88. The number of thiazole rings is 1. The Morgan fingerprint density at radius 3 is 2.55 bits per heavy atom. The molecular weight excluding hydrogens is 266 g/mol. The Morgan fingerprint density at radius 2 is 2.05 bits per heavy atom. The summed E-state index contributed by atoms with van der Waals surface area (Å²) in [6.07, 6.45) is 2.77. The van der Waals surface area contributed by atoms with Gasteiger partial charge in [-0.2, -0.15) is 0 Å². The van der Waals surface area contributed by atoms with Gasteiger partial charge in [-0.15, -0.1) is 11.3 Å². The topological polar surface area (TPSA) is 28.2 Å². The highest BCUT2D eigenvalue weighted by atomic mass is 32.1. The van der Waals surface area contributed by atoms with E-state index in [9.17, 15) is 0 Å². The predicted octanol–water partition coefficient (Wildman–Crippen LogP) is 3.49. The van der Waals surface area contributed by atoms with Crippen LogP contribution < -0.4 is 5.32 Å². The van der Waals surface area contributed by atoms with Crippen molar-refractivity contribution in [1.82, 2.24) is 15.2 Å². The van der Waals surface area contributed by atoms with E-state index in [2.05, 4.69) is 51.9 Å². The summed E-state index contributed by atoms with van der Waals surface area (Å²) in [5.74, 6) is 0. The maximum Gasteiger partial charge on any atom is 0.0985 e. The molecule has 1 aliphatic rings. The fourth-order valence-corrected chi connectivity index (χ4v) is 3.53. The van der Waals surface area contributed by atoms with Crippen LogP contribution in [0.25, 0.3) is 0 Å². The maximum absolute atomic E-state index is 4.75. The molecule has 2 rings (SSSR count). The van der Waals surface area contributed by atoms with E-state index in [1.54, 1.807) is 0 Å². The van der Waals surface area contributed by atoms with E-state index in [1.165, 1.54) is 28.4 Å². The molecule has 1 aliphatic carbocycles. The first kappa shape index (κ1) is 15.9. The van der Waals surface area contributed by atoms with Crippen molar-refractivity contribution >= 4 is 11.3 Å². The number of rotatable bonds is 6. The lowest BCUT2D eigenvalue weighted by Gasteiger charge is -2.18. The number of aromatic nitrogens is 1. The Balaban J connectivity index is 1.88. The van der Waals surface area contributed by atoms with Crippen molar-refractivity contribution < 1.29 is 0 Å². The van der Waals surface area contributed by atoms with Crippen molar-refractivity contribution in [3.63, 3.8) is 0 Å². The van der Waals surface area contributed by atoms with E-state index in [0.717, 1.165) is 19.1 Å². The SMILES string of the molecule is Cc1nc(C(C)(C)C)sc1C(C)NCCN(C)C1CC1. The van der Waals surface area contributed by atoms with E-state index < -0.39 is 0 Å². The van der Waals surface area contributed by atoms with Crippen LogP contribution in [0.4, 0.5) is 0 Å². The lowest BCUT2D eigenvalue weighted by Crippen LogP contribution is -2.31. The quantitative estimate of drug-likeness (QED) is 0.870. The third-order valence-corrected chi connectivity index (χ3v) is 5.72.